The highest BCUT2D eigenvalue weighted by Gasteiger charge is 2.06. The molecule has 0 unspecified atom stereocenters. The van der Waals surface area contributed by atoms with Gasteiger partial charge in [0, 0.05) is 18.5 Å². The molecule has 0 aliphatic carbocycles. The molecule has 1 N–H and O–H groups in total. The third-order valence-corrected chi connectivity index (χ3v) is 2.59. The van der Waals surface area contributed by atoms with Crippen molar-refractivity contribution in [1.82, 2.24) is 5.32 Å². The van der Waals surface area contributed by atoms with Crippen LogP contribution in [0.3, 0.4) is 0 Å². The van der Waals surface area contributed by atoms with E-state index >= 15 is 0 Å². The van der Waals surface area contributed by atoms with Crippen molar-refractivity contribution in [3.05, 3.63) is 29.8 Å². The van der Waals surface area contributed by atoms with Gasteiger partial charge in [0.05, 0.1) is 19.8 Å². The smallest absolute Gasteiger partial charge is 0.319 e. The lowest BCUT2D eigenvalue weighted by Crippen LogP contribution is -2.26. The molecule has 110 valence electrons. The number of hydrogen-bond donors (Lipinski definition) is 1. The highest BCUT2D eigenvalue weighted by molar-refractivity contribution is 5.96. The summed E-state index contributed by atoms with van der Waals surface area (Å²) < 4.78 is 10.1. The summed E-state index contributed by atoms with van der Waals surface area (Å²) in [7, 11) is 0. The molecule has 0 aromatic heterocycles. The zero-order valence-corrected chi connectivity index (χ0v) is 12.0. The summed E-state index contributed by atoms with van der Waals surface area (Å²) in [6.07, 6.45) is 0.341. The maximum absolute atomic E-state index is 11.9. The number of benzene rings is 1. The molecule has 0 aliphatic rings. The van der Waals surface area contributed by atoms with Crippen LogP contribution >= 0.6 is 0 Å². The number of carbonyl (C=O) groups excluding carboxylic acids is 2. The van der Waals surface area contributed by atoms with E-state index in [2.05, 4.69) is 5.32 Å². The zero-order valence-electron chi connectivity index (χ0n) is 12.0. The molecule has 5 heteroatoms. The Morgan fingerprint density at radius 3 is 2.40 bits per heavy atom. The van der Waals surface area contributed by atoms with Crippen molar-refractivity contribution in [2.75, 3.05) is 26.3 Å². The quantitative estimate of drug-likeness (QED) is 0.424. The number of ketones is 1. The van der Waals surface area contributed by atoms with Gasteiger partial charge < -0.3 is 14.8 Å². The molecule has 1 rings (SSSR count). The number of rotatable bonds is 9. The van der Waals surface area contributed by atoms with Gasteiger partial charge in [-0.25, -0.2) is 0 Å². The summed E-state index contributed by atoms with van der Waals surface area (Å²) in [5.41, 5.74) is 0.645. The molecular weight excluding hydrogens is 258 g/mol. The average Bonchev–Trinajstić information content (AvgIpc) is 2.45. The van der Waals surface area contributed by atoms with E-state index in [0.717, 1.165) is 5.75 Å². The van der Waals surface area contributed by atoms with Crippen LogP contribution in [0.2, 0.25) is 0 Å². The van der Waals surface area contributed by atoms with Crippen LogP contribution in [0.4, 0.5) is 0 Å². The van der Waals surface area contributed by atoms with Gasteiger partial charge in [0.2, 0.25) is 0 Å². The van der Waals surface area contributed by atoms with Gasteiger partial charge in [-0.05, 0) is 38.1 Å². The van der Waals surface area contributed by atoms with Crippen LogP contribution in [0.25, 0.3) is 0 Å². The monoisotopic (exact) mass is 279 g/mol. The first-order valence-corrected chi connectivity index (χ1v) is 6.79. The number of nitrogens with one attached hydrogen (secondary N) is 1. The van der Waals surface area contributed by atoms with Crippen LogP contribution in [0.5, 0.6) is 5.75 Å². The van der Waals surface area contributed by atoms with Crippen LogP contribution in [0, 0.1) is 0 Å². The molecule has 0 amide bonds. The Bertz CT molecular complexity index is 428. The standard InChI is InChI=1S/C15H21NO4/c1-3-19-13-7-5-12(6-8-13)14(17)9-10-16-11-15(18)20-4-2/h5-8,16H,3-4,9-11H2,1-2H3. The zero-order chi connectivity index (χ0) is 14.8. The predicted molar refractivity (Wildman–Crippen MR) is 76.1 cm³/mol. The van der Waals surface area contributed by atoms with Gasteiger partial charge in [0.25, 0.3) is 0 Å². The summed E-state index contributed by atoms with van der Waals surface area (Å²) >= 11 is 0. The third kappa shape index (κ3) is 5.84. The van der Waals surface area contributed by atoms with Gasteiger partial charge in [0.1, 0.15) is 5.75 Å². The lowest BCUT2D eigenvalue weighted by molar-refractivity contribution is -0.141. The van der Waals surface area contributed by atoms with Crippen molar-refractivity contribution < 1.29 is 19.1 Å². The van der Waals surface area contributed by atoms with Gasteiger partial charge in [-0.1, -0.05) is 0 Å². The van der Waals surface area contributed by atoms with Crippen LogP contribution in [-0.2, 0) is 9.53 Å². The molecule has 0 aliphatic heterocycles. The van der Waals surface area contributed by atoms with Crippen molar-refractivity contribution in [1.29, 1.82) is 0 Å². The topological polar surface area (TPSA) is 64.6 Å². The van der Waals surface area contributed by atoms with Crippen molar-refractivity contribution in [3.8, 4) is 5.75 Å². The van der Waals surface area contributed by atoms with Crippen molar-refractivity contribution in [2.45, 2.75) is 20.3 Å². The molecule has 0 spiro atoms. The van der Waals surface area contributed by atoms with Gasteiger partial charge in [-0.2, -0.15) is 0 Å². The molecule has 1 aromatic rings. The summed E-state index contributed by atoms with van der Waals surface area (Å²) in [6.45, 7) is 5.22. The number of Topliss-reactive ketones (excluding diaryl/α,β-unsaturated/α-hetero) is 1. The van der Waals surface area contributed by atoms with E-state index in [4.69, 9.17) is 9.47 Å². The van der Waals surface area contributed by atoms with Gasteiger partial charge in [0.15, 0.2) is 5.78 Å². The summed E-state index contributed by atoms with van der Waals surface area (Å²) in [4.78, 5) is 23.0. The fourth-order valence-electron chi connectivity index (χ4n) is 1.65. The van der Waals surface area contributed by atoms with E-state index in [1.807, 2.05) is 6.92 Å². The van der Waals surface area contributed by atoms with Crippen LogP contribution in [-0.4, -0.2) is 38.1 Å². The lowest BCUT2D eigenvalue weighted by atomic mass is 10.1. The highest BCUT2D eigenvalue weighted by atomic mass is 16.5. The largest absolute Gasteiger partial charge is 0.494 e. The Labute approximate surface area is 119 Å². The number of esters is 1. The molecule has 0 saturated heterocycles. The van der Waals surface area contributed by atoms with Gasteiger partial charge >= 0.3 is 5.97 Å². The molecule has 0 bridgehead atoms. The Morgan fingerprint density at radius 2 is 1.80 bits per heavy atom. The second-order valence-corrected chi connectivity index (χ2v) is 4.11. The highest BCUT2D eigenvalue weighted by Crippen LogP contribution is 2.13. The Morgan fingerprint density at radius 1 is 1.10 bits per heavy atom. The predicted octanol–water partition coefficient (Wildman–Crippen LogP) is 1.81. The molecule has 1 aromatic carbocycles. The minimum Gasteiger partial charge on any atom is -0.494 e. The van der Waals surface area contributed by atoms with E-state index in [1.54, 1.807) is 31.2 Å². The molecule has 5 nitrogen and oxygen atoms in total. The first-order valence-electron chi connectivity index (χ1n) is 6.79. The number of hydrogen-bond acceptors (Lipinski definition) is 5. The van der Waals surface area contributed by atoms with Crippen molar-refractivity contribution in [3.63, 3.8) is 0 Å². The van der Waals surface area contributed by atoms with E-state index in [9.17, 15) is 9.59 Å². The maximum Gasteiger partial charge on any atom is 0.319 e. The lowest BCUT2D eigenvalue weighted by Gasteiger charge is -2.06. The Balaban J connectivity index is 2.30. The second-order valence-electron chi connectivity index (χ2n) is 4.11. The minimum atomic E-state index is -0.305. The second kappa shape index (κ2) is 9.09. The fourth-order valence-corrected chi connectivity index (χ4v) is 1.65. The summed E-state index contributed by atoms with van der Waals surface area (Å²) in [5.74, 6) is 0.481. The normalized spacial score (nSPS) is 10.1. The molecule has 0 saturated carbocycles. The molecular formula is C15H21NO4. The first-order chi connectivity index (χ1) is 9.67. The van der Waals surface area contributed by atoms with Gasteiger partial charge in [-0.15, -0.1) is 0 Å². The maximum atomic E-state index is 11.9. The third-order valence-electron chi connectivity index (χ3n) is 2.59. The van der Waals surface area contributed by atoms with E-state index in [-0.39, 0.29) is 18.3 Å². The molecule has 0 atom stereocenters. The SMILES string of the molecule is CCOC(=O)CNCCC(=O)c1ccc(OCC)cc1. The Hall–Kier alpha value is -1.88. The number of carbonyl (C=O) groups is 2. The van der Waals surface area contributed by atoms with Crippen LogP contribution < -0.4 is 10.1 Å². The Kier molecular flexibility index (Phi) is 7.35. The van der Waals surface area contributed by atoms with E-state index in [0.29, 0.717) is 31.7 Å². The van der Waals surface area contributed by atoms with Gasteiger partial charge in [-0.3, -0.25) is 9.59 Å². The molecule has 0 heterocycles. The minimum absolute atomic E-state index is 0.0319. The average molecular weight is 279 g/mol. The molecule has 0 radical (unpaired) electrons. The summed E-state index contributed by atoms with van der Waals surface area (Å²) in [5, 5.41) is 2.88. The molecule has 20 heavy (non-hydrogen) atoms. The number of ether oxygens (including phenoxy) is 2. The fraction of sp³-hybridized carbons (Fsp3) is 0.467. The van der Waals surface area contributed by atoms with E-state index < -0.39 is 0 Å². The van der Waals surface area contributed by atoms with Crippen molar-refractivity contribution >= 4 is 11.8 Å². The van der Waals surface area contributed by atoms with Crippen LogP contribution in [0.1, 0.15) is 30.6 Å². The van der Waals surface area contributed by atoms with Crippen molar-refractivity contribution in [2.24, 2.45) is 0 Å². The summed E-state index contributed by atoms with van der Waals surface area (Å²) in [6, 6.07) is 7.06. The first kappa shape index (κ1) is 16.2. The van der Waals surface area contributed by atoms with Crippen LogP contribution in [0.15, 0.2) is 24.3 Å². The molecule has 0 fully saturated rings. The van der Waals surface area contributed by atoms with E-state index in [1.165, 1.54) is 0 Å².